The van der Waals surface area contributed by atoms with Crippen LogP contribution in [0.1, 0.15) is 26.5 Å². The van der Waals surface area contributed by atoms with E-state index in [9.17, 15) is 9.59 Å². The molecule has 0 unspecified atom stereocenters. The standard InChI is InChI=1S/C31H36N8O4/c1-31(2,3)43-30(41)35-23-18-39(19-23)24-8-10-32-22(16-24)17-26(40)34-21-6-4-20(5-7-21)28-36-25-9-11-33-29(27(25)37-28)38-12-14-42-15-13-38/h4-11,16,23H,12-15,17-19H2,1-3H3,(H,34,40)(H,35,41)(H,36,37). The Labute approximate surface area is 249 Å². The van der Waals surface area contributed by atoms with E-state index in [-0.39, 0.29) is 18.4 Å². The van der Waals surface area contributed by atoms with E-state index in [0.29, 0.717) is 37.7 Å². The van der Waals surface area contributed by atoms with Gasteiger partial charge in [0.2, 0.25) is 5.91 Å². The van der Waals surface area contributed by atoms with Gasteiger partial charge >= 0.3 is 6.09 Å². The molecule has 0 spiro atoms. The minimum absolute atomic E-state index is 0.0146. The van der Waals surface area contributed by atoms with Crippen molar-refractivity contribution in [3.8, 4) is 11.4 Å². The third-order valence-corrected chi connectivity index (χ3v) is 7.24. The molecule has 6 rings (SSSR count). The number of ether oxygens (including phenoxy) is 2. The third kappa shape index (κ3) is 6.86. The number of rotatable bonds is 7. The van der Waals surface area contributed by atoms with Crippen molar-refractivity contribution in [2.24, 2.45) is 0 Å². The summed E-state index contributed by atoms with van der Waals surface area (Å²) in [6, 6.07) is 13.3. The van der Waals surface area contributed by atoms with E-state index in [1.54, 1.807) is 12.4 Å². The minimum Gasteiger partial charge on any atom is -0.444 e. The van der Waals surface area contributed by atoms with Gasteiger partial charge in [-0.25, -0.2) is 14.8 Å². The first-order valence-corrected chi connectivity index (χ1v) is 14.5. The Morgan fingerprint density at radius 3 is 2.51 bits per heavy atom. The Morgan fingerprint density at radius 2 is 1.77 bits per heavy atom. The molecule has 2 aliphatic rings. The summed E-state index contributed by atoms with van der Waals surface area (Å²) in [5.74, 6) is 1.44. The average molecular weight is 585 g/mol. The molecule has 2 fully saturated rings. The molecule has 3 N–H and O–H groups in total. The summed E-state index contributed by atoms with van der Waals surface area (Å²) in [6.07, 6.45) is 3.23. The Bertz CT molecular complexity index is 1600. The normalized spacial score (nSPS) is 15.7. The van der Waals surface area contributed by atoms with Crippen LogP contribution in [0, 0.1) is 0 Å². The predicted octanol–water partition coefficient (Wildman–Crippen LogP) is 3.75. The Kier molecular flexibility index (Phi) is 7.85. The van der Waals surface area contributed by atoms with Crippen molar-refractivity contribution in [3.05, 3.63) is 60.6 Å². The predicted molar refractivity (Wildman–Crippen MR) is 164 cm³/mol. The summed E-state index contributed by atoms with van der Waals surface area (Å²) < 4.78 is 10.8. The lowest BCUT2D eigenvalue weighted by Crippen LogP contribution is -2.60. The summed E-state index contributed by atoms with van der Waals surface area (Å²) in [5, 5.41) is 5.84. The summed E-state index contributed by atoms with van der Waals surface area (Å²) in [7, 11) is 0. The number of imidazole rings is 1. The van der Waals surface area contributed by atoms with Crippen LogP contribution in [0.25, 0.3) is 22.4 Å². The fourth-order valence-corrected chi connectivity index (χ4v) is 5.16. The first kappa shape index (κ1) is 28.4. The maximum atomic E-state index is 12.8. The van der Waals surface area contributed by atoms with Crippen LogP contribution in [-0.4, -0.2) is 83.0 Å². The zero-order chi connectivity index (χ0) is 30.0. The van der Waals surface area contributed by atoms with Crippen LogP contribution in [0.5, 0.6) is 0 Å². The number of alkyl carbamates (subject to hydrolysis) is 1. The number of H-pyrrole nitrogens is 1. The molecule has 12 nitrogen and oxygen atoms in total. The molecule has 0 aliphatic carbocycles. The Hall–Kier alpha value is -4.71. The molecule has 0 saturated carbocycles. The number of nitrogens with one attached hydrogen (secondary N) is 3. The van der Waals surface area contributed by atoms with E-state index in [1.807, 2.05) is 63.2 Å². The smallest absolute Gasteiger partial charge is 0.407 e. The topological polar surface area (TPSA) is 138 Å². The quantitative estimate of drug-likeness (QED) is 0.297. The molecule has 4 aromatic rings. The number of hydrogen-bond acceptors (Lipinski definition) is 9. The second-order valence-corrected chi connectivity index (χ2v) is 11.8. The van der Waals surface area contributed by atoms with E-state index in [4.69, 9.17) is 14.5 Å². The summed E-state index contributed by atoms with van der Waals surface area (Å²) in [6.45, 7) is 9.78. The van der Waals surface area contributed by atoms with Gasteiger partial charge in [-0.15, -0.1) is 0 Å². The first-order chi connectivity index (χ1) is 20.7. The number of benzene rings is 1. The van der Waals surface area contributed by atoms with Crippen LogP contribution in [-0.2, 0) is 20.7 Å². The minimum atomic E-state index is -0.531. The van der Waals surface area contributed by atoms with Crippen LogP contribution in [0.4, 0.5) is 22.0 Å². The van der Waals surface area contributed by atoms with E-state index in [1.165, 1.54) is 0 Å². The Morgan fingerprint density at radius 1 is 1.02 bits per heavy atom. The molecule has 5 heterocycles. The molecule has 1 aromatic carbocycles. The van der Waals surface area contributed by atoms with Crippen molar-refractivity contribution >= 4 is 40.2 Å². The Balaban J connectivity index is 1.04. The molecule has 0 bridgehead atoms. The van der Waals surface area contributed by atoms with Crippen molar-refractivity contribution in [1.29, 1.82) is 0 Å². The number of aromatic amines is 1. The summed E-state index contributed by atoms with van der Waals surface area (Å²) in [4.78, 5) is 46.4. The van der Waals surface area contributed by atoms with Gasteiger partial charge in [0.25, 0.3) is 0 Å². The summed E-state index contributed by atoms with van der Waals surface area (Å²) >= 11 is 0. The SMILES string of the molecule is CC(C)(C)OC(=O)NC1CN(c2ccnc(CC(=O)Nc3ccc(-c4nc5c(N6CCOCC6)nccc5[nH]4)cc3)c2)C1. The molecule has 3 aromatic heterocycles. The molecule has 0 radical (unpaired) electrons. The second kappa shape index (κ2) is 11.9. The van der Waals surface area contributed by atoms with Gasteiger partial charge in [-0.2, -0.15) is 0 Å². The van der Waals surface area contributed by atoms with Gasteiger partial charge in [-0.05, 0) is 63.2 Å². The lowest BCUT2D eigenvalue weighted by atomic mass is 10.1. The van der Waals surface area contributed by atoms with Gasteiger partial charge in [0.05, 0.1) is 36.9 Å². The number of carbonyl (C=O) groups is 2. The molecule has 224 valence electrons. The molecule has 2 aliphatic heterocycles. The number of carbonyl (C=O) groups excluding carboxylic acids is 2. The lowest BCUT2D eigenvalue weighted by molar-refractivity contribution is -0.115. The van der Waals surface area contributed by atoms with Crippen molar-refractivity contribution in [2.75, 3.05) is 54.5 Å². The monoisotopic (exact) mass is 584 g/mol. The highest BCUT2D eigenvalue weighted by atomic mass is 16.6. The van der Waals surface area contributed by atoms with Crippen molar-refractivity contribution in [3.63, 3.8) is 0 Å². The van der Waals surface area contributed by atoms with Crippen LogP contribution >= 0.6 is 0 Å². The number of aromatic nitrogens is 4. The third-order valence-electron chi connectivity index (χ3n) is 7.24. The van der Waals surface area contributed by atoms with Crippen LogP contribution in [0.2, 0.25) is 0 Å². The second-order valence-electron chi connectivity index (χ2n) is 11.8. The van der Waals surface area contributed by atoms with Crippen molar-refractivity contribution < 1.29 is 19.1 Å². The lowest BCUT2D eigenvalue weighted by Gasteiger charge is -2.41. The number of fused-ring (bicyclic) bond motifs is 1. The van der Waals surface area contributed by atoms with Gasteiger partial charge in [0.1, 0.15) is 16.9 Å². The summed E-state index contributed by atoms with van der Waals surface area (Å²) in [5.41, 5.74) is 4.45. The van der Waals surface area contributed by atoms with Crippen LogP contribution < -0.4 is 20.4 Å². The molecular formula is C31H36N8O4. The molecular weight excluding hydrogens is 548 g/mol. The van der Waals surface area contributed by atoms with Gasteiger partial charge in [0, 0.05) is 55.5 Å². The van der Waals surface area contributed by atoms with Crippen molar-refractivity contribution in [2.45, 2.75) is 38.8 Å². The number of morpholine rings is 1. The molecule has 2 saturated heterocycles. The largest absolute Gasteiger partial charge is 0.444 e. The highest BCUT2D eigenvalue weighted by Gasteiger charge is 2.30. The molecule has 0 atom stereocenters. The number of nitrogens with zero attached hydrogens (tertiary/aromatic N) is 5. The highest BCUT2D eigenvalue weighted by Crippen LogP contribution is 2.28. The fraction of sp³-hybridized carbons (Fsp3) is 0.387. The van der Waals surface area contributed by atoms with E-state index in [2.05, 4.69) is 35.4 Å². The number of hydrogen-bond donors (Lipinski definition) is 3. The van der Waals surface area contributed by atoms with Crippen LogP contribution in [0.15, 0.2) is 54.9 Å². The van der Waals surface area contributed by atoms with Gasteiger partial charge in [0.15, 0.2) is 5.82 Å². The maximum absolute atomic E-state index is 12.8. The number of anilines is 3. The number of amides is 2. The van der Waals surface area contributed by atoms with Gasteiger partial charge in [-0.3, -0.25) is 9.78 Å². The zero-order valence-electron chi connectivity index (χ0n) is 24.6. The number of pyridine rings is 2. The molecule has 2 amide bonds. The van der Waals surface area contributed by atoms with Gasteiger partial charge in [-0.1, -0.05) is 0 Å². The van der Waals surface area contributed by atoms with Crippen LogP contribution in [0.3, 0.4) is 0 Å². The fourth-order valence-electron chi connectivity index (χ4n) is 5.16. The molecule has 12 heteroatoms. The van der Waals surface area contributed by atoms with Gasteiger partial charge < -0.3 is 34.9 Å². The molecule has 43 heavy (non-hydrogen) atoms. The highest BCUT2D eigenvalue weighted by molar-refractivity contribution is 5.93. The van der Waals surface area contributed by atoms with E-state index >= 15 is 0 Å². The van der Waals surface area contributed by atoms with Crippen molar-refractivity contribution in [1.82, 2.24) is 25.3 Å². The first-order valence-electron chi connectivity index (χ1n) is 14.5. The maximum Gasteiger partial charge on any atom is 0.407 e. The van der Waals surface area contributed by atoms with E-state index in [0.717, 1.165) is 47.0 Å². The van der Waals surface area contributed by atoms with E-state index < -0.39 is 11.7 Å². The zero-order valence-corrected chi connectivity index (χ0v) is 24.6. The average Bonchev–Trinajstić information content (AvgIpc) is 3.39.